The van der Waals surface area contributed by atoms with Gasteiger partial charge in [0.1, 0.15) is 12.0 Å². The Balaban J connectivity index is 1.46. The van der Waals surface area contributed by atoms with E-state index in [0.29, 0.717) is 23.0 Å². The van der Waals surface area contributed by atoms with Crippen molar-refractivity contribution < 1.29 is 13.7 Å². The number of unbranched alkanes of at least 4 members (excludes halogenated alkanes) is 1. The second-order valence-corrected chi connectivity index (χ2v) is 6.60. The number of aldehydes is 1. The van der Waals surface area contributed by atoms with Gasteiger partial charge in [-0.1, -0.05) is 41.6 Å². The summed E-state index contributed by atoms with van der Waals surface area (Å²) < 4.78 is 10.9. The van der Waals surface area contributed by atoms with Crippen LogP contribution < -0.4 is 0 Å². The fraction of sp³-hybridized carbons (Fsp3) is 0.174. The van der Waals surface area contributed by atoms with Crippen molar-refractivity contribution in [1.29, 1.82) is 0 Å². The minimum atomic E-state index is 0.502. The molecule has 5 heteroatoms. The monoisotopic (exact) mass is 372 g/mol. The molecule has 2 aromatic heterocycles. The van der Waals surface area contributed by atoms with Crippen LogP contribution in [0.5, 0.6) is 0 Å². The third-order valence-electron chi connectivity index (χ3n) is 4.62. The lowest BCUT2D eigenvalue weighted by Crippen LogP contribution is -1.91. The molecule has 0 saturated heterocycles. The molecule has 0 unspecified atom stereocenters. The minimum Gasteiger partial charge on any atom is -0.464 e. The van der Waals surface area contributed by atoms with Gasteiger partial charge >= 0.3 is 0 Å². The number of furan rings is 1. The molecule has 4 aromatic rings. The Bertz CT molecular complexity index is 1040. The van der Waals surface area contributed by atoms with Gasteiger partial charge in [0.05, 0.1) is 6.26 Å². The normalized spacial score (nSPS) is 10.9. The first-order valence-electron chi connectivity index (χ1n) is 9.33. The topological polar surface area (TPSA) is 69.1 Å². The molecule has 140 valence electrons. The van der Waals surface area contributed by atoms with Crippen LogP contribution in [0.1, 0.15) is 34.7 Å². The van der Waals surface area contributed by atoms with Gasteiger partial charge in [0.2, 0.25) is 11.7 Å². The molecule has 0 atom stereocenters. The van der Waals surface area contributed by atoms with E-state index in [-0.39, 0.29) is 0 Å². The van der Waals surface area contributed by atoms with Gasteiger partial charge in [0.25, 0.3) is 0 Å². The summed E-state index contributed by atoms with van der Waals surface area (Å²) in [7, 11) is 0. The molecule has 0 aliphatic rings. The summed E-state index contributed by atoms with van der Waals surface area (Å²) in [5.41, 5.74) is 3.46. The molecule has 0 fully saturated rings. The fourth-order valence-electron chi connectivity index (χ4n) is 3.18. The highest BCUT2D eigenvalue weighted by atomic mass is 16.5. The maximum Gasteiger partial charge on any atom is 0.226 e. The van der Waals surface area contributed by atoms with Crippen LogP contribution in [-0.4, -0.2) is 16.4 Å². The highest BCUT2D eigenvalue weighted by molar-refractivity contribution is 5.85. The molecule has 28 heavy (non-hydrogen) atoms. The lowest BCUT2D eigenvalue weighted by Gasteiger charge is -2.04. The van der Waals surface area contributed by atoms with Gasteiger partial charge in [0, 0.05) is 23.1 Å². The van der Waals surface area contributed by atoms with Gasteiger partial charge in [-0.15, -0.1) is 0 Å². The number of rotatable bonds is 8. The molecule has 0 bridgehead atoms. The lowest BCUT2D eigenvalue weighted by molar-refractivity contribution is 0.112. The summed E-state index contributed by atoms with van der Waals surface area (Å²) in [5.74, 6) is 1.78. The summed E-state index contributed by atoms with van der Waals surface area (Å²) in [6, 6.07) is 19.4. The number of aryl methyl sites for hydroxylation is 2. The third-order valence-corrected chi connectivity index (χ3v) is 4.62. The Morgan fingerprint density at radius 1 is 0.893 bits per heavy atom. The summed E-state index contributed by atoms with van der Waals surface area (Å²) in [6.45, 7) is 0. The van der Waals surface area contributed by atoms with Crippen LogP contribution >= 0.6 is 0 Å². The maximum absolute atomic E-state index is 11.1. The fourth-order valence-corrected chi connectivity index (χ4v) is 3.18. The Morgan fingerprint density at radius 2 is 1.75 bits per heavy atom. The van der Waals surface area contributed by atoms with Crippen molar-refractivity contribution in [1.82, 2.24) is 10.1 Å². The van der Waals surface area contributed by atoms with E-state index in [2.05, 4.69) is 34.4 Å². The van der Waals surface area contributed by atoms with Gasteiger partial charge in [-0.2, -0.15) is 4.98 Å². The molecule has 2 heterocycles. The number of hydrogen-bond donors (Lipinski definition) is 0. The van der Waals surface area contributed by atoms with Gasteiger partial charge in [0.15, 0.2) is 0 Å². The molecular formula is C23H20N2O3. The van der Waals surface area contributed by atoms with E-state index in [1.54, 1.807) is 24.5 Å². The number of carbonyl (C=O) groups excluding carboxylic acids is 1. The van der Waals surface area contributed by atoms with E-state index in [1.807, 2.05) is 18.2 Å². The zero-order chi connectivity index (χ0) is 19.2. The summed E-state index contributed by atoms with van der Waals surface area (Å²) in [5, 5.41) is 4.13. The average molecular weight is 372 g/mol. The van der Waals surface area contributed by atoms with E-state index in [0.717, 1.165) is 43.1 Å². The van der Waals surface area contributed by atoms with Crippen molar-refractivity contribution in [3.63, 3.8) is 0 Å². The van der Waals surface area contributed by atoms with Crippen LogP contribution in [0.3, 0.4) is 0 Å². The number of carbonyl (C=O) groups is 1. The highest BCUT2D eigenvalue weighted by Crippen LogP contribution is 2.31. The van der Waals surface area contributed by atoms with Gasteiger partial charge in [-0.3, -0.25) is 4.79 Å². The van der Waals surface area contributed by atoms with E-state index < -0.39 is 0 Å². The average Bonchev–Trinajstić information content (AvgIpc) is 3.44. The first-order valence-corrected chi connectivity index (χ1v) is 9.33. The third kappa shape index (κ3) is 4.09. The molecule has 2 aromatic carbocycles. The largest absolute Gasteiger partial charge is 0.464 e. The Kier molecular flexibility index (Phi) is 5.43. The standard InChI is InChI=1S/C23H20N2O3/c26-16-18-12-13-19(20(15-18)21-10-6-14-27-21)23-24-22(28-25-23)11-5-4-9-17-7-2-1-3-8-17/h1-3,6-8,10,12-16H,4-5,9,11H2. The molecule has 0 radical (unpaired) electrons. The Hall–Kier alpha value is -3.47. The first kappa shape index (κ1) is 17.9. The van der Waals surface area contributed by atoms with Gasteiger partial charge in [-0.05, 0) is 49.1 Å². The minimum absolute atomic E-state index is 0.502. The first-order chi connectivity index (χ1) is 13.8. The van der Waals surface area contributed by atoms with Crippen molar-refractivity contribution in [2.45, 2.75) is 25.7 Å². The molecule has 0 saturated carbocycles. The molecule has 0 spiro atoms. The number of benzene rings is 2. The SMILES string of the molecule is O=Cc1ccc(-c2noc(CCCCc3ccccc3)n2)c(-c2ccco2)c1. The van der Waals surface area contributed by atoms with E-state index in [9.17, 15) is 4.79 Å². The van der Waals surface area contributed by atoms with E-state index in [1.165, 1.54) is 5.56 Å². The van der Waals surface area contributed by atoms with Crippen LogP contribution in [0.4, 0.5) is 0 Å². The van der Waals surface area contributed by atoms with Crippen LogP contribution in [0, 0.1) is 0 Å². The van der Waals surface area contributed by atoms with Crippen molar-refractivity contribution in [3.8, 4) is 22.7 Å². The Labute approximate surface area is 163 Å². The van der Waals surface area contributed by atoms with Crippen molar-refractivity contribution >= 4 is 6.29 Å². The molecule has 5 nitrogen and oxygen atoms in total. The van der Waals surface area contributed by atoms with E-state index in [4.69, 9.17) is 8.94 Å². The summed E-state index contributed by atoms with van der Waals surface area (Å²) in [6.07, 6.45) is 6.23. The number of nitrogens with zero attached hydrogens (tertiary/aromatic N) is 2. The van der Waals surface area contributed by atoms with Gasteiger partial charge < -0.3 is 8.94 Å². The Morgan fingerprint density at radius 3 is 2.54 bits per heavy atom. The van der Waals surface area contributed by atoms with Crippen molar-refractivity contribution in [2.24, 2.45) is 0 Å². The molecule has 0 aliphatic carbocycles. The molecule has 0 aliphatic heterocycles. The van der Waals surface area contributed by atoms with Crippen LogP contribution in [0.25, 0.3) is 22.7 Å². The van der Waals surface area contributed by atoms with Crippen LogP contribution in [0.2, 0.25) is 0 Å². The second-order valence-electron chi connectivity index (χ2n) is 6.60. The summed E-state index contributed by atoms with van der Waals surface area (Å²) in [4.78, 5) is 15.7. The molecule has 0 amide bonds. The predicted molar refractivity (Wildman–Crippen MR) is 106 cm³/mol. The predicted octanol–water partition coefficient (Wildman–Crippen LogP) is 5.37. The quantitative estimate of drug-likeness (QED) is 0.307. The molecule has 4 rings (SSSR count). The van der Waals surface area contributed by atoms with Crippen molar-refractivity contribution in [3.05, 3.63) is 83.9 Å². The molecule has 0 N–H and O–H groups in total. The highest BCUT2D eigenvalue weighted by Gasteiger charge is 2.16. The zero-order valence-electron chi connectivity index (χ0n) is 15.4. The smallest absolute Gasteiger partial charge is 0.226 e. The van der Waals surface area contributed by atoms with Crippen LogP contribution in [0.15, 0.2) is 75.9 Å². The zero-order valence-corrected chi connectivity index (χ0v) is 15.4. The lowest BCUT2D eigenvalue weighted by atomic mass is 10.0. The van der Waals surface area contributed by atoms with E-state index >= 15 is 0 Å². The number of aromatic nitrogens is 2. The maximum atomic E-state index is 11.1. The van der Waals surface area contributed by atoms with Crippen molar-refractivity contribution in [2.75, 3.05) is 0 Å². The second kappa shape index (κ2) is 8.48. The molecular weight excluding hydrogens is 352 g/mol. The number of hydrogen-bond acceptors (Lipinski definition) is 5. The van der Waals surface area contributed by atoms with Gasteiger partial charge in [-0.25, -0.2) is 0 Å². The summed E-state index contributed by atoms with van der Waals surface area (Å²) >= 11 is 0. The van der Waals surface area contributed by atoms with Crippen LogP contribution in [-0.2, 0) is 12.8 Å².